The van der Waals surface area contributed by atoms with Crippen molar-refractivity contribution in [2.24, 2.45) is 0 Å². The molecule has 0 radical (unpaired) electrons. The maximum absolute atomic E-state index is 10.7. The Bertz CT molecular complexity index is 533. The van der Waals surface area contributed by atoms with E-state index in [-0.39, 0.29) is 5.69 Å². The summed E-state index contributed by atoms with van der Waals surface area (Å²) in [5, 5.41) is 20.9. The number of benzene rings is 1. The Balaban J connectivity index is 2.44. The molecule has 0 fully saturated rings. The number of nitro benzene ring substituents is 1. The highest BCUT2D eigenvalue weighted by atomic mass is 32.2. The number of nitro groups is 1. The average molecular weight is 282 g/mol. The van der Waals surface area contributed by atoms with E-state index in [9.17, 15) is 15.2 Å². The van der Waals surface area contributed by atoms with E-state index in [0.717, 1.165) is 4.90 Å². The number of rotatable bonds is 3. The van der Waals surface area contributed by atoms with Crippen LogP contribution in [0.5, 0.6) is 0 Å². The first kappa shape index (κ1) is 13.0. The van der Waals surface area contributed by atoms with Crippen molar-refractivity contribution in [1.29, 1.82) is 0 Å². The highest BCUT2D eigenvalue weighted by Crippen LogP contribution is 2.39. The second-order valence-electron chi connectivity index (χ2n) is 3.66. The van der Waals surface area contributed by atoms with Crippen LogP contribution in [0.15, 0.2) is 35.7 Å². The van der Waals surface area contributed by atoms with Crippen LogP contribution in [0.3, 0.4) is 0 Å². The van der Waals surface area contributed by atoms with Crippen LogP contribution < -0.4 is 0 Å². The van der Waals surface area contributed by atoms with Crippen molar-refractivity contribution in [3.05, 3.63) is 46.5 Å². The zero-order chi connectivity index (χ0) is 13.3. The van der Waals surface area contributed by atoms with Crippen LogP contribution in [0.2, 0.25) is 0 Å². The van der Waals surface area contributed by atoms with Crippen molar-refractivity contribution in [2.75, 3.05) is 6.54 Å². The third-order valence-electron chi connectivity index (χ3n) is 2.54. The molecule has 18 heavy (non-hydrogen) atoms. The molecule has 1 aromatic rings. The number of non-ortho nitro benzene ring substituents is 1. The first-order valence-electron chi connectivity index (χ1n) is 5.10. The highest BCUT2D eigenvalue weighted by molar-refractivity contribution is 8.23. The molecule has 0 bridgehead atoms. The van der Waals surface area contributed by atoms with E-state index in [1.807, 2.05) is 0 Å². The summed E-state index contributed by atoms with van der Waals surface area (Å²) in [6.45, 7) is 3.99. The molecule has 0 saturated carbocycles. The van der Waals surface area contributed by atoms with Gasteiger partial charge in [0.1, 0.15) is 4.32 Å². The van der Waals surface area contributed by atoms with Gasteiger partial charge >= 0.3 is 0 Å². The van der Waals surface area contributed by atoms with E-state index in [2.05, 4.69) is 6.58 Å². The second-order valence-corrected chi connectivity index (χ2v) is 5.34. The SMILES string of the molecule is C=CCN1C(=S)Sc2ccc([N+](=O)[O-])cc2C1O. The van der Waals surface area contributed by atoms with Crippen LogP contribution in [0, 0.1) is 10.1 Å². The monoisotopic (exact) mass is 282 g/mol. The molecule has 1 N–H and O–H groups in total. The van der Waals surface area contributed by atoms with Gasteiger partial charge in [-0.05, 0) is 6.07 Å². The summed E-state index contributed by atoms with van der Waals surface area (Å²) in [6, 6.07) is 4.40. The fourth-order valence-electron chi connectivity index (χ4n) is 1.68. The van der Waals surface area contributed by atoms with Crippen molar-refractivity contribution in [2.45, 2.75) is 11.1 Å². The molecule has 1 heterocycles. The van der Waals surface area contributed by atoms with Gasteiger partial charge in [-0.3, -0.25) is 10.1 Å². The number of thioether (sulfide) groups is 1. The molecule has 0 saturated heterocycles. The number of aliphatic hydroxyl groups excluding tert-OH is 1. The minimum atomic E-state index is -0.966. The Morgan fingerprint density at radius 2 is 2.39 bits per heavy atom. The number of nitrogens with zero attached hydrogens (tertiary/aromatic N) is 2. The van der Waals surface area contributed by atoms with Gasteiger partial charge in [-0.15, -0.1) is 6.58 Å². The molecule has 1 aliphatic rings. The number of fused-ring (bicyclic) bond motifs is 1. The zero-order valence-electron chi connectivity index (χ0n) is 9.28. The first-order chi connectivity index (χ1) is 8.54. The summed E-state index contributed by atoms with van der Waals surface area (Å²) in [5.74, 6) is 0. The third-order valence-corrected chi connectivity index (χ3v) is 4.02. The van der Waals surface area contributed by atoms with E-state index in [1.54, 1.807) is 17.0 Å². The summed E-state index contributed by atoms with van der Waals surface area (Å²) >= 11 is 6.49. The molecule has 94 valence electrons. The van der Waals surface area contributed by atoms with Gasteiger partial charge in [-0.25, -0.2) is 0 Å². The molecule has 0 aliphatic carbocycles. The predicted octanol–water partition coefficient (Wildman–Crippen LogP) is 2.46. The normalized spacial score (nSPS) is 18.4. The van der Waals surface area contributed by atoms with Crippen LogP contribution in [-0.4, -0.2) is 25.8 Å². The van der Waals surface area contributed by atoms with Gasteiger partial charge in [-0.2, -0.15) is 0 Å². The van der Waals surface area contributed by atoms with E-state index in [4.69, 9.17) is 12.2 Å². The van der Waals surface area contributed by atoms with Crippen LogP contribution in [0.1, 0.15) is 11.8 Å². The summed E-state index contributed by atoms with van der Waals surface area (Å²) in [7, 11) is 0. The lowest BCUT2D eigenvalue weighted by Gasteiger charge is -2.34. The molecule has 1 aliphatic heterocycles. The van der Waals surface area contributed by atoms with Crippen molar-refractivity contribution >= 4 is 34.0 Å². The van der Waals surface area contributed by atoms with Gasteiger partial charge in [0.05, 0.1) is 4.92 Å². The Morgan fingerprint density at radius 3 is 3.00 bits per heavy atom. The zero-order valence-corrected chi connectivity index (χ0v) is 10.9. The maximum atomic E-state index is 10.7. The molecule has 0 aromatic heterocycles. The standard InChI is InChI=1S/C11H10N2O3S2/c1-2-5-12-10(14)8-6-7(13(15)16)3-4-9(8)18-11(12)17/h2-4,6,10,14H,1,5H2. The molecule has 5 nitrogen and oxygen atoms in total. The summed E-state index contributed by atoms with van der Waals surface area (Å²) in [5.41, 5.74) is 0.462. The van der Waals surface area contributed by atoms with Crippen LogP contribution >= 0.6 is 24.0 Å². The van der Waals surface area contributed by atoms with E-state index >= 15 is 0 Å². The second kappa shape index (κ2) is 5.05. The van der Waals surface area contributed by atoms with Gasteiger partial charge in [0.2, 0.25) is 0 Å². The lowest BCUT2D eigenvalue weighted by atomic mass is 10.1. The van der Waals surface area contributed by atoms with Crippen molar-refractivity contribution < 1.29 is 10.0 Å². The quantitative estimate of drug-likeness (QED) is 0.397. The number of thiocarbonyl (C=S) groups is 1. The van der Waals surface area contributed by atoms with Crippen molar-refractivity contribution in [1.82, 2.24) is 4.90 Å². The van der Waals surface area contributed by atoms with Crippen molar-refractivity contribution in [3.8, 4) is 0 Å². The fourth-order valence-corrected chi connectivity index (χ4v) is 3.02. The van der Waals surface area contributed by atoms with Crippen LogP contribution in [0.25, 0.3) is 0 Å². The fraction of sp³-hybridized carbons (Fsp3) is 0.182. The lowest BCUT2D eigenvalue weighted by molar-refractivity contribution is -0.385. The van der Waals surface area contributed by atoms with Crippen LogP contribution in [-0.2, 0) is 0 Å². The number of aliphatic hydroxyl groups is 1. The molecule has 1 unspecified atom stereocenters. The maximum Gasteiger partial charge on any atom is 0.269 e. The Labute approximate surface area is 113 Å². The molecular weight excluding hydrogens is 272 g/mol. The summed E-state index contributed by atoms with van der Waals surface area (Å²) in [4.78, 5) is 12.6. The average Bonchev–Trinajstić information content (AvgIpc) is 2.34. The number of hydrogen-bond acceptors (Lipinski definition) is 5. The van der Waals surface area contributed by atoms with E-state index < -0.39 is 11.2 Å². The minimum Gasteiger partial charge on any atom is -0.369 e. The van der Waals surface area contributed by atoms with Crippen molar-refractivity contribution in [3.63, 3.8) is 0 Å². The molecular formula is C11H10N2O3S2. The first-order valence-corrected chi connectivity index (χ1v) is 6.33. The minimum absolute atomic E-state index is 0.0419. The molecule has 2 rings (SSSR count). The van der Waals surface area contributed by atoms with Gasteiger partial charge in [0.15, 0.2) is 6.23 Å². The topological polar surface area (TPSA) is 66.6 Å². The molecule has 7 heteroatoms. The highest BCUT2D eigenvalue weighted by Gasteiger charge is 2.30. The Hall–Kier alpha value is -1.44. The molecule has 0 amide bonds. The molecule has 0 spiro atoms. The smallest absolute Gasteiger partial charge is 0.269 e. The largest absolute Gasteiger partial charge is 0.369 e. The summed E-state index contributed by atoms with van der Waals surface area (Å²) < 4.78 is 0.531. The molecule has 1 atom stereocenters. The molecule has 1 aromatic carbocycles. The van der Waals surface area contributed by atoms with Gasteiger partial charge in [0, 0.05) is 29.1 Å². The van der Waals surface area contributed by atoms with Gasteiger partial charge in [0.25, 0.3) is 5.69 Å². The third kappa shape index (κ3) is 2.24. The van der Waals surface area contributed by atoms with E-state index in [0.29, 0.717) is 16.4 Å². The Morgan fingerprint density at radius 1 is 1.67 bits per heavy atom. The lowest BCUT2D eigenvalue weighted by Crippen LogP contribution is -2.35. The van der Waals surface area contributed by atoms with Gasteiger partial charge < -0.3 is 10.0 Å². The Kier molecular flexibility index (Phi) is 3.65. The number of hydrogen-bond donors (Lipinski definition) is 1. The van der Waals surface area contributed by atoms with Crippen LogP contribution in [0.4, 0.5) is 5.69 Å². The predicted molar refractivity (Wildman–Crippen MR) is 73.4 cm³/mol. The summed E-state index contributed by atoms with van der Waals surface area (Å²) in [6.07, 6.45) is 0.657. The van der Waals surface area contributed by atoms with Gasteiger partial charge in [-0.1, -0.05) is 30.1 Å². The van der Waals surface area contributed by atoms with E-state index in [1.165, 1.54) is 23.9 Å².